The molecule has 3 aromatic rings. The monoisotopic (exact) mass is 284 g/mol. The first-order valence-electron chi connectivity index (χ1n) is 6.29. The molecule has 0 aliphatic carbocycles. The summed E-state index contributed by atoms with van der Waals surface area (Å²) in [7, 11) is 0. The van der Waals surface area contributed by atoms with Gasteiger partial charge in [-0.1, -0.05) is 0 Å². The van der Waals surface area contributed by atoms with Crippen molar-refractivity contribution in [3.05, 3.63) is 43.0 Å². The third-order valence-corrected chi connectivity index (χ3v) is 2.61. The molecule has 7 heteroatoms. The Kier molecular flexibility index (Phi) is 3.83. The van der Waals surface area contributed by atoms with E-state index in [1.54, 1.807) is 18.5 Å². The summed E-state index contributed by atoms with van der Waals surface area (Å²) in [5.41, 5.74) is 0.652. The van der Waals surface area contributed by atoms with Gasteiger partial charge in [0.15, 0.2) is 5.65 Å². The second kappa shape index (κ2) is 6.10. The van der Waals surface area contributed by atoms with Gasteiger partial charge in [-0.3, -0.25) is 0 Å². The third-order valence-electron chi connectivity index (χ3n) is 2.61. The van der Waals surface area contributed by atoms with Crippen LogP contribution in [0, 0.1) is 0 Å². The van der Waals surface area contributed by atoms with E-state index in [4.69, 9.17) is 14.6 Å². The minimum atomic E-state index is -0.0816. The summed E-state index contributed by atoms with van der Waals surface area (Å²) in [4.78, 5) is 16.3. The highest BCUT2D eigenvalue weighted by Gasteiger charge is 2.04. The number of ether oxygens (including phenoxy) is 2. The zero-order valence-electron chi connectivity index (χ0n) is 11.0. The first-order valence-corrected chi connectivity index (χ1v) is 6.29. The maximum atomic E-state index is 8.72. The van der Waals surface area contributed by atoms with Crippen molar-refractivity contribution < 1.29 is 14.6 Å². The highest BCUT2D eigenvalue weighted by atomic mass is 16.5. The molecule has 3 rings (SSSR count). The van der Waals surface area contributed by atoms with Gasteiger partial charge in [0.05, 0.1) is 18.9 Å². The average Bonchev–Trinajstić information content (AvgIpc) is 2.53. The van der Waals surface area contributed by atoms with Gasteiger partial charge < -0.3 is 14.6 Å². The van der Waals surface area contributed by atoms with Crippen molar-refractivity contribution in [3.8, 4) is 17.5 Å². The fourth-order valence-electron chi connectivity index (χ4n) is 1.73. The van der Waals surface area contributed by atoms with Gasteiger partial charge in [0, 0.05) is 11.6 Å². The molecule has 0 bridgehead atoms. The van der Waals surface area contributed by atoms with Gasteiger partial charge in [0.25, 0.3) is 0 Å². The third kappa shape index (κ3) is 3.21. The number of hydrogen-bond donors (Lipinski definition) is 1. The summed E-state index contributed by atoms with van der Waals surface area (Å²) >= 11 is 0. The zero-order valence-corrected chi connectivity index (χ0v) is 11.0. The standard InChI is InChI=1S/C14H12N4O3/c19-4-5-20-12-7-13(18-9-17-12)21-11-6-10-2-1-3-15-14(10)16-8-11/h1-3,6-9,19H,4-5H2. The lowest BCUT2D eigenvalue weighted by Crippen LogP contribution is -2.03. The number of rotatable bonds is 5. The first-order chi connectivity index (χ1) is 10.3. The molecule has 0 atom stereocenters. The lowest BCUT2D eigenvalue weighted by atomic mass is 10.3. The molecular weight excluding hydrogens is 272 g/mol. The lowest BCUT2D eigenvalue weighted by Gasteiger charge is -2.07. The van der Waals surface area contributed by atoms with Gasteiger partial charge in [-0.15, -0.1) is 0 Å². The minimum Gasteiger partial charge on any atom is -0.475 e. The normalized spacial score (nSPS) is 10.5. The van der Waals surface area contributed by atoms with E-state index in [2.05, 4.69) is 19.9 Å². The molecule has 3 heterocycles. The Hall–Kier alpha value is -2.80. The number of fused-ring (bicyclic) bond motifs is 1. The van der Waals surface area contributed by atoms with Crippen LogP contribution in [0.2, 0.25) is 0 Å². The number of nitrogens with zero attached hydrogens (tertiary/aromatic N) is 4. The van der Waals surface area contributed by atoms with Crippen LogP contribution in [0.5, 0.6) is 17.5 Å². The van der Waals surface area contributed by atoms with Gasteiger partial charge >= 0.3 is 0 Å². The van der Waals surface area contributed by atoms with Crippen LogP contribution in [0.25, 0.3) is 11.0 Å². The fourth-order valence-corrected chi connectivity index (χ4v) is 1.73. The van der Waals surface area contributed by atoms with Crippen molar-refractivity contribution in [2.45, 2.75) is 0 Å². The molecule has 0 aliphatic heterocycles. The van der Waals surface area contributed by atoms with E-state index in [9.17, 15) is 0 Å². The molecule has 0 aromatic carbocycles. The maximum absolute atomic E-state index is 8.72. The number of hydrogen-bond acceptors (Lipinski definition) is 7. The second-order valence-corrected chi connectivity index (χ2v) is 4.09. The van der Waals surface area contributed by atoms with Crippen molar-refractivity contribution in [1.29, 1.82) is 0 Å². The lowest BCUT2D eigenvalue weighted by molar-refractivity contribution is 0.196. The number of aliphatic hydroxyl groups excluding tert-OH is 1. The molecule has 0 saturated carbocycles. The van der Waals surface area contributed by atoms with Crippen molar-refractivity contribution in [2.24, 2.45) is 0 Å². The largest absolute Gasteiger partial charge is 0.475 e. The fraction of sp³-hybridized carbons (Fsp3) is 0.143. The molecule has 7 nitrogen and oxygen atoms in total. The Balaban J connectivity index is 1.81. The molecule has 0 saturated heterocycles. The highest BCUT2D eigenvalue weighted by Crippen LogP contribution is 2.23. The summed E-state index contributed by atoms with van der Waals surface area (Å²) in [6.45, 7) is 0.0848. The highest BCUT2D eigenvalue weighted by molar-refractivity contribution is 5.75. The zero-order chi connectivity index (χ0) is 14.5. The summed E-state index contributed by atoms with van der Waals surface area (Å²) < 4.78 is 10.8. The van der Waals surface area contributed by atoms with Gasteiger partial charge in [-0.2, -0.15) is 0 Å². The van der Waals surface area contributed by atoms with Crippen LogP contribution in [-0.2, 0) is 0 Å². The summed E-state index contributed by atoms with van der Waals surface area (Å²) in [6, 6.07) is 7.10. The smallest absolute Gasteiger partial charge is 0.226 e. The number of aliphatic hydroxyl groups is 1. The molecule has 3 aromatic heterocycles. The number of pyridine rings is 2. The molecule has 0 fully saturated rings. The van der Waals surface area contributed by atoms with Gasteiger partial charge in [0.2, 0.25) is 11.8 Å². The van der Waals surface area contributed by atoms with E-state index in [1.165, 1.54) is 6.33 Å². The molecule has 0 unspecified atom stereocenters. The van der Waals surface area contributed by atoms with Crippen molar-refractivity contribution in [3.63, 3.8) is 0 Å². The molecule has 1 N–H and O–H groups in total. The van der Waals surface area contributed by atoms with Gasteiger partial charge in [-0.25, -0.2) is 19.9 Å². The topological polar surface area (TPSA) is 90.2 Å². The second-order valence-electron chi connectivity index (χ2n) is 4.09. The van der Waals surface area contributed by atoms with E-state index in [0.717, 1.165) is 5.39 Å². The van der Waals surface area contributed by atoms with E-state index in [0.29, 0.717) is 23.2 Å². The maximum Gasteiger partial charge on any atom is 0.226 e. The first kappa shape index (κ1) is 13.2. The molecule has 0 aliphatic rings. The Morgan fingerprint density at radius 2 is 1.95 bits per heavy atom. The minimum absolute atomic E-state index is 0.0816. The van der Waals surface area contributed by atoms with E-state index < -0.39 is 0 Å². The quantitative estimate of drug-likeness (QED) is 0.760. The van der Waals surface area contributed by atoms with Crippen molar-refractivity contribution >= 4 is 11.0 Å². The number of aromatic nitrogens is 4. The van der Waals surface area contributed by atoms with Crippen molar-refractivity contribution in [2.75, 3.05) is 13.2 Å². The Labute approximate surface area is 120 Å². The van der Waals surface area contributed by atoms with E-state index in [1.807, 2.05) is 18.2 Å². The Morgan fingerprint density at radius 1 is 1.05 bits per heavy atom. The summed E-state index contributed by atoms with van der Waals surface area (Å²) in [5, 5.41) is 9.59. The summed E-state index contributed by atoms with van der Waals surface area (Å²) in [5.74, 6) is 1.22. The molecule has 21 heavy (non-hydrogen) atoms. The van der Waals surface area contributed by atoms with E-state index in [-0.39, 0.29) is 13.2 Å². The van der Waals surface area contributed by atoms with Crippen LogP contribution in [0.4, 0.5) is 0 Å². The van der Waals surface area contributed by atoms with Gasteiger partial charge in [0.1, 0.15) is 18.7 Å². The summed E-state index contributed by atoms with van der Waals surface area (Å²) in [6.07, 6.45) is 4.59. The SMILES string of the molecule is OCCOc1cc(Oc2cnc3ncccc3c2)ncn1. The van der Waals surface area contributed by atoms with Crippen LogP contribution >= 0.6 is 0 Å². The van der Waals surface area contributed by atoms with Crippen LogP contribution in [0.15, 0.2) is 43.0 Å². The van der Waals surface area contributed by atoms with E-state index >= 15 is 0 Å². The van der Waals surface area contributed by atoms with Crippen LogP contribution < -0.4 is 9.47 Å². The predicted octanol–water partition coefficient (Wildman–Crippen LogP) is 1.58. The molecule has 0 spiro atoms. The van der Waals surface area contributed by atoms with Crippen LogP contribution in [-0.4, -0.2) is 38.3 Å². The Bertz CT molecular complexity index is 751. The average molecular weight is 284 g/mol. The molecule has 106 valence electrons. The molecule has 0 amide bonds. The predicted molar refractivity (Wildman–Crippen MR) is 74.2 cm³/mol. The molecule has 0 radical (unpaired) electrons. The van der Waals surface area contributed by atoms with Gasteiger partial charge in [-0.05, 0) is 18.2 Å². The Morgan fingerprint density at radius 3 is 2.86 bits per heavy atom. The van der Waals surface area contributed by atoms with Crippen LogP contribution in [0.1, 0.15) is 0 Å². The molecular formula is C14H12N4O3. The van der Waals surface area contributed by atoms with Crippen LogP contribution in [0.3, 0.4) is 0 Å². The van der Waals surface area contributed by atoms with Crippen molar-refractivity contribution in [1.82, 2.24) is 19.9 Å².